The van der Waals surface area contributed by atoms with Gasteiger partial charge in [-0.25, -0.2) is 9.07 Å². The van der Waals surface area contributed by atoms with E-state index in [-0.39, 0.29) is 17.6 Å². The number of nitrogens with one attached hydrogen (secondary N) is 1. The van der Waals surface area contributed by atoms with Gasteiger partial charge < -0.3 is 10.2 Å². The zero-order valence-corrected chi connectivity index (χ0v) is 17.7. The van der Waals surface area contributed by atoms with Crippen molar-refractivity contribution < 1.29 is 14.0 Å². The van der Waals surface area contributed by atoms with Gasteiger partial charge in [0, 0.05) is 37.0 Å². The third kappa shape index (κ3) is 4.21. The summed E-state index contributed by atoms with van der Waals surface area (Å²) in [4.78, 5) is 26.7. The van der Waals surface area contributed by atoms with Crippen LogP contribution in [-0.4, -0.2) is 33.0 Å². The minimum absolute atomic E-state index is 0.0144. The molecule has 0 atom stereocenters. The molecule has 0 aliphatic heterocycles. The van der Waals surface area contributed by atoms with Gasteiger partial charge in [0.1, 0.15) is 5.82 Å². The van der Waals surface area contributed by atoms with E-state index in [2.05, 4.69) is 10.4 Å². The summed E-state index contributed by atoms with van der Waals surface area (Å²) in [5.41, 5.74) is 4.60. The van der Waals surface area contributed by atoms with Gasteiger partial charge in [-0.3, -0.25) is 9.59 Å². The summed E-state index contributed by atoms with van der Waals surface area (Å²) < 4.78 is 15.1. The van der Waals surface area contributed by atoms with Crippen LogP contribution in [0.15, 0.2) is 48.5 Å². The van der Waals surface area contributed by atoms with E-state index in [1.165, 1.54) is 19.1 Å². The topological polar surface area (TPSA) is 67.2 Å². The van der Waals surface area contributed by atoms with E-state index in [0.29, 0.717) is 24.5 Å². The lowest BCUT2D eigenvalue weighted by Gasteiger charge is -2.21. The number of anilines is 1. The Kier molecular flexibility index (Phi) is 5.84. The maximum atomic E-state index is 13.3. The van der Waals surface area contributed by atoms with Crippen LogP contribution in [0.2, 0.25) is 0 Å². The van der Waals surface area contributed by atoms with Gasteiger partial charge in [-0.15, -0.1) is 0 Å². The Morgan fingerprint density at radius 1 is 1.13 bits per heavy atom. The second kappa shape index (κ2) is 8.71. The highest BCUT2D eigenvalue weighted by molar-refractivity contribution is 6.04. The van der Waals surface area contributed by atoms with Gasteiger partial charge in [-0.05, 0) is 62.1 Å². The average Bonchev–Trinajstić information content (AvgIpc) is 3.36. The Morgan fingerprint density at radius 2 is 1.87 bits per heavy atom. The highest BCUT2D eigenvalue weighted by Gasteiger charge is 2.27. The van der Waals surface area contributed by atoms with Gasteiger partial charge in [0.15, 0.2) is 5.69 Å². The summed E-state index contributed by atoms with van der Waals surface area (Å²) in [5.74, 6) is -0.606. The second-order valence-electron chi connectivity index (χ2n) is 7.66. The molecular weight excluding hydrogens is 395 g/mol. The molecule has 3 aromatic rings. The lowest BCUT2D eigenvalue weighted by atomic mass is 10.1. The van der Waals surface area contributed by atoms with Gasteiger partial charge in [-0.2, -0.15) is 5.10 Å². The minimum Gasteiger partial charge on any atom is -0.339 e. The predicted molar refractivity (Wildman–Crippen MR) is 117 cm³/mol. The number of hydrogen-bond acceptors (Lipinski definition) is 3. The van der Waals surface area contributed by atoms with Crippen LogP contribution in [-0.2, 0) is 24.2 Å². The van der Waals surface area contributed by atoms with Crippen molar-refractivity contribution in [3.8, 4) is 5.69 Å². The number of benzene rings is 2. The zero-order chi connectivity index (χ0) is 22.0. The van der Waals surface area contributed by atoms with Crippen molar-refractivity contribution in [2.75, 3.05) is 11.9 Å². The fraction of sp³-hybridized carbons (Fsp3) is 0.292. The molecule has 1 aliphatic carbocycles. The molecule has 4 rings (SSSR count). The number of halogens is 1. The summed E-state index contributed by atoms with van der Waals surface area (Å²) in [5, 5.41) is 7.57. The number of fused-ring (bicyclic) bond motifs is 1. The van der Waals surface area contributed by atoms with E-state index < -0.39 is 0 Å². The predicted octanol–water partition coefficient (Wildman–Crippen LogP) is 4.12. The van der Waals surface area contributed by atoms with E-state index in [1.807, 2.05) is 31.2 Å². The fourth-order valence-corrected chi connectivity index (χ4v) is 4.03. The SMILES string of the molecule is CCN(Cc1ccccc1NC(=O)c1nn(-c2ccc(F)cc2)c2c1CCC2)C(C)=O. The smallest absolute Gasteiger partial charge is 0.276 e. The molecule has 31 heavy (non-hydrogen) atoms. The second-order valence-corrected chi connectivity index (χ2v) is 7.66. The molecule has 0 fully saturated rings. The normalized spacial score (nSPS) is 12.5. The number of carbonyl (C=O) groups is 2. The monoisotopic (exact) mass is 420 g/mol. The van der Waals surface area contributed by atoms with Crippen molar-refractivity contribution in [2.45, 2.75) is 39.7 Å². The van der Waals surface area contributed by atoms with Crippen LogP contribution >= 0.6 is 0 Å². The summed E-state index contributed by atoms with van der Waals surface area (Å²) in [6.07, 6.45) is 2.57. The molecule has 2 aromatic carbocycles. The van der Waals surface area contributed by atoms with Crippen molar-refractivity contribution in [1.29, 1.82) is 0 Å². The number of para-hydroxylation sites is 1. The molecule has 0 saturated heterocycles. The maximum Gasteiger partial charge on any atom is 0.276 e. The van der Waals surface area contributed by atoms with Gasteiger partial charge >= 0.3 is 0 Å². The van der Waals surface area contributed by atoms with Gasteiger partial charge in [0.25, 0.3) is 5.91 Å². The molecule has 1 aliphatic rings. The third-order valence-corrected chi connectivity index (χ3v) is 5.67. The van der Waals surface area contributed by atoms with E-state index in [1.54, 1.807) is 21.7 Å². The van der Waals surface area contributed by atoms with E-state index in [9.17, 15) is 14.0 Å². The maximum absolute atomic E-state index is 13.3. The first-order valence-corrected chi connectivity index (χ1v) is 10.5. The molecule has 0 unspecified atom stereocenters. The molecule has 0 spiro atoms. The Morgan fingerprint density at radius 3 is 2.58 bits per heavy atom. The number of aromatic nitrogens is 2. The first kappa shape index (κ1) is 20.8. The average molecular weight is 420 g/mol. The van der Waals surface area contributed by atoms with Crippen LogP contribution in [0, 0.1) is 5.82 Å². The molecular formula is C24H25FN4O2. The van der Waals surface area contributed by atoms with Crippen molar-refractivity contribution in [3.63, 3.8) is 0 Å². The first-order valence-electron chi connectivity index (χ1n) is 10.5. The zero-order valence-electron chi connectivity index (χ0n) is 17.7. The third-order valence-electron chi connectivity index (χ3n) is 5.67. The lowest BCUT2D eigenvalue weighted by molar-refractivity contribution is -0.129. The summed E-state index contributed by atoms with van der Waals surface area (Å²) in [6, 6.07) is 13.6. The molecule has 6 nitrogen and oxygen atoms in total. The largest absolute Gasteiger partial charge is 0.339 e. The van der Waals surface area contributed by atoms with Crippen LogP contribution in [0.5, 0.6) is 0 Å². The lowest BCUT2D eigenvalue weighted by Crippen LogP contribution is -2.28. The van der Waals surface area contributed by atoms with Crippen molar-refractivity contribution in [1.82, 2.24) is 14.7 Å². The molecule has 7 heteroatoms. The molecule has 160 valence electrons. The number of rotatable bonds is 6. The minimum atomic E-state index is -0.311. The van der Waals surface area contributed by atoms with Crippen LogP contribution in [0.3, 0.4) is 0 Å². The van der Waals surface area contributed by atoms with E-state index in [4.69, 9.17) is 0 Å². The molecule has 2 amide bonds. The Balaban J connectivity index is 1.63. The number of hydrogen-bond donors (Lipinski definition) is 1. The molecule has 1 heterocycles. The molecule has 0 radical (unpaired) electrons. The van der Waals surface area contributed by atoms with Crippen LogP contribution < -0.4 is 5.32 Å². The number of amides is 2. The number of nitrogens with zero attached hydrogens (tertiary/aromatic N) is 3. The molecule has 0 saturated carbocycles. The molecule has 0 bridgehead atoms. The fourth-order valence-electron chi connectivity index (χ4n) is 4.03. The van der Waals surface area contributed by atoms with Crippen LogP contribution in [0.25, 0.3) is 5.69 Å². The summed E-state index contributed by atoms with van der Waals surface area (Å²) >= 11 is 0. The quantitative estimate of drug-likeness (QED) is 0.652. The van der Waals surface area contributed by atoms with E-state index >= 15 is 0 Å². The summed E-state index contributed by atoms with van der Waals surface area (Å²) in [6.45, 7) is 4.47. The van der Waals surface area contributed by atoms with E-state index in [0.717, 1.165) is 41.8 Å². The van der Waals surface area contributed by atoms with Crippen molar-refractivity contribution >= 4 is 17.5 Å². The highest BCUT2D eigenvalue weighted by Crippen LogP contribution is 2.29. The van der Waals surface area contributed by atoms with Gasteiger partial charge in [0.2, 0.25) is 5.91 Å². The summed E-state index contributed by atoms with van der Waals surface area (Å²) in [7, 11) is 0. The highest BCUT2D eigenvalue weighted by atomic mass is 19.1. The first-order chi connectivity index (χ1) is 15.0. The van der Waals surface area contributed by atoms with Crippen molar-refractivity contribution in [2.24, 2.45) is 0 Å². The van der Waals surface area contributed by atoms with Gasteiger partial charge in [-0.1, -0.05) is 18.2 Å². The Hall–Kier alpha value is -3.48. The standard InChI is InChI=1S/C24H25FN4O2/c1-3-28(16(2)30)15-17-7-4-5-9-21(17)26-24(31)23-20-8-6-10-22(20)29(27-23)19-13-11-18(25)12-14-19/h4-5,7,9,11-14H,3,6,8,10,15H2,1-2H3,(H,26,31). The Bertz CT molecular complexity index is 1120. The number of carbonyl (C=O) groups excluding carboxylic acids is 2. The Labute approximate surface area is 180 Å². The van der Waals surface area contributed by atoms with Gasteiger partial charge in [0.05, 0.1) is 5.69 Å². The van der Waals surface area contributed by atoms with Crippen molar-refractivity contribution in [3.05, 3.63) is 76.9 Å². The molecule has 1 aromatic heterocycles. The molecule has 1 N–H and O–H groups in total. The van der Waals surface area contributed by atoms with Crippen LogP contribution in [0.1, 0.15) is 47.6 Å². The van der Waals surface area contributed by atoms with Crippen LogP contribution in [0.4, 0.5) is 10.1 Å².